The molecule has 0 saturated carbocycles. The van der Waals surface area contributed by atoms with Crippen molar-refractivity contribution >= 4 is 23.4 Å². The van der Waals surface area contributed by atoms with Crippen LogP contribution < -0.4 is 15.0 Å². The maximum absolute atomic E-state index is 13.4. The molecule has 3 aliphatic rings. The Morgan fingerprint density at radius 3 is 2.58 bits per heavy atom. The van der Waals surface area contributed by atoms with Gasteiger partial charge in [0.25, 0.3) is 5.91 Å². The van der Waals surface area contributed by atoms with E-state index in [1.165, 1.54) is 4.90 Å². The van der Waals surface area contributed by atoms with Crippen molar-refractivity contribution in [2.24, 2.45) is 11.8 Å². The van der Waals surface area contributed by atoms with Crippen molar-refractivity contribution in [3.8, 4) is 5.75 Å². The molecule has 0 aromatic heterocycles. The van der Waals surface area contributed by atoms with Gasteiger partial charge in [0, 0.05) is 5.56 Å². The summed E-state index contributed by atoms with van der Waals surface area (Å²) in [6.45, 7) is 1.98. The molecule has 5 rings (SSSR count). The quantitative estimate of drug-likeness (QED) is 0.595. The van der Waals surface area contributed by atoms with E-state index in [1.807, 2.05) is 37.3 Å². The van der Waals surface area contributed by atoms with Gasteiger partial charge < -0.3 is 14.8 Å². The zero-order valence-electron chi connectivity index (χ0n) is 17.2. The second-order valence-electron chi connectivity index (χ2n) is 8.11. The predicted molar refractivity (Wildman–Crippen MR) is 113 cm³/mol. The van der Waals surface area contributed by atoms with Gasteiger partial charge in [0.15, 0.2) is 0 Å². The number of carbonyl (C=O) groups is 3. The van der Waals surface area contributed by atoms with Crippen LogP contribution in [0.4, 0.5) is 5.69 Å². The molecule has 3 aliphatic heterocycles. The summed E-state index contributed by atoms with van der Waals surface area (Å²) in [7, 11) is 1.56. The lowest BCUT2D eigenvalue weighted by atomic mass is 9.77. The number of nitrogens with one attached hydrogen (secondary N) is 1. The molecule has 31 heavy (non-hydrogen) atoms. The van der Waals surface area contributed by atoms with Gasteiger partial charge in [0.2, 0.25) is 11.8 Å². The van der Waals surface area contributed by atoms with Crippen molar-refractivity contribution in [3.05, 3.63) is 71.8 Å². The number of carbonyl (C=O) groups excluding carboxylic acids is 3. The molecule has 0 spiro atoms. The number of anilines is 1. The van der Waals surface area contributed by atoms with Crippen molar-refractivity contribution < 1.29 is 23.9 Å². The van der Waals surface area contributed by atoms with Gasteiger partial charge in [-0.1, -0.05) is 30.4 Å². The van der Waals surface area contributed by atoms with Gasteiger partial charge in [-0.3, -0.25) is 14.4 Å². The van der Waals surface area contributed by atoms with Crippen LogP contribution in [0, 0.1) is 18.8 Å². The monoisotopic (exact) mass is 418 g/mol. The Morgan fingerprint density at radius 1 is 1.13 bits per heavy atom. The Morgan fingerprint density at radius 2 is 1.87 bits per heavy atom. The van der Waals surface area contributed by atoms with E-state index in [2.05, 4.69) is 5.32 Å². The second kappa shape index (κ2) is 7.06. The van der Waals surface area contributed by atoms with Gasteiger partial charge in [-0.15, -0.1) is 0 Å². The molecule has 2 fully saturated rings. The summed E-state index contributed by atoms with van der Waals surface area (Å²) >= 11 is 0. The first-order valence-electron chi connectivity index (χ1n) is 10.2. The number of rotatable bonds is 5. The molecule has 4 atom stereocenters. The number of para-hydroxylation sites is 1. The van der Waals surface area contributed by atoms with Crippen molar-refractivity contribution in [1.82, 2.24) is 5.32 Å². The van der Waals surface area contributed by atoms with Crippen molar-refractivity contribution in [3.63, 3.8) is 0 Å². The first-order valence-corrected chi connectivity index (χ1v) is 10.2. The van der Waals surface area contributed by atoms with E-state index in [-0.39, 0.29) is 24.3 Å². The third-order valence-electron chi connectivity index (χ3n) is 6.39. The first kappa shape index (κ1) is 19.5. The molecule has 3 heterocycles. The number of imide groups is 1. The number of ether oxygens (including phenoxy) is 2. The fourth-order valence-corrected chi connectivity index (χ4v) is 4.82. The number of hydrogen-bond donors (Lipinski definition) is 1. The molecule has 7 heteroatoms. The zero-order chi connectivity index (χ0) is 21.8. The Kier molecular flexibility index (Phi) is 4.44. The molecule has 0 aliphatic carbocycles. The van der Waals surface area contributed by atoms with E-state index in [4.69, 9.17) is 9.47 Å². The van der Waals surface area contributed by atoms with Crippen LogP contribution in [-0.4, -0.2) is 43.1 Å². The number of fused-ring (bicyclic) bond motifs is 5. The normalized spacial score (nSPS) is 28.2. The van der Waals surface area contributed by atoms with E-state index in [1.54, 1.807) is 37.4 Å². The second-order valence-corrected chi connectivity index (χ2v) is 8.11. The summed E-state index contributed by atoms with van der Waals surface area (Å²) in [5.74, 6) is -1.39. The topological polar surface area (TPSA) is 84.9 Å². The van der Waals surface area contributed by atoms with Gasteiger partial charge in [0.05, 0.1) is 37.3 Å². The summed E-state index contributed by atoms with van der Waals surface area (Å²) in [5.41, 5.74) is 0.901. The Bertz CT molecular complexity index is 1110. The average Bonchev–Trinajstić information content (AvgIpc) is 3.43. The molecule has 3 amide bonds. The minimum absolute atomic E-state index is 0.104. The molecule has 158 valence electrons. The molecule has 2 bridgehead atoms. The lowest BCUT2D eigenvalue weighted by Crippen LogP contribution is -2.48. The lowest BCUT2D eigenvalue weighted by Gasteiger charge is -2.29. The number of hydrogen-bond acceptors (Lipinski definition) is 5. The smallest absolute Gasteiger partial charge is 0.251 e. The summed E-state index contributed by atoms with van der Waals surface area (Å²) < 4.78 is 11.2. The van der Waals surface area contributed by atoms with E-state index >= 15 is 0 Å². The van der Waals surface area contributed by atoms with E-state index < -0.39 is 23.5 Å². The summed E-state index contributed by atoms with van der Waals surface area (Å²) in [6, 6.07) is 14.1. The van der Waals surface area contributed by atoms with E-state index in [0.29, 0.717) is 17.0 Å². The minimum atomic E-state index is -1.03. The third-order valence-corrected chi connectivity index (χ3v) is 6.39. The number of amides is 3. The highest BCUT2D eigenvalue weighted by atomic mass is 16.5. The van der Waals surface area contributed by atoms with Gasteiger partial charge in [-0.05, 0) is 42.8 Å². The van der Waals surface area contributed by atoms with Crippen LogP contribution in [0.15, 0.2) is 60.7 Å². The highest BCUT2D eigenvalue weighted by Gasteiger charge is 2.67. The van der Waals surface area contributed by atoms with Gasteiger partial charge in [-0.25, -0.2) is 4.90 Å². The van der Waals surface area contributed by atoms with Crippen LogP contribution >= 0.6 is 0 Å². The van der Waals surface area contributed by atoms with E-state index in [9.17, 15) is 14.4 Å². The van der Waals surface area contributed by atoms with Crippen LogP contribution in [0.25, 0.3) is 0 Å². The summed E-state index contributed by atoms with van der Waals surface area (Å²) in [5, 5.41) is 2.87. The molecular weight excluding hydrogens is 396 g/mol. The number of aryl methyl sites for hydroxylation is 1. The molecular formula is C24H22N2O5. The largest absolute Gasteiger partial charge is 0.497 e. The molecule has 0 radical (unpaired) electrons. The number of nitrogens with zero attached hydrogens (tertiary/aromatic N) is 1. The van der Waals surface area contributed by atoms with E-state index in [0.717, 1.165) is 5.56 Å². The van der Waals surface area contributed by atoms with Crippen molar-refractivity contribution in [1.29, 1.82) is 0 Å². The fourth-order valence-electron chi connectivity index (χ4n) is 4.82. The lowest BCUT2D eigenvalue weighted by molar-refractivity contribution is -0.126. The SMILES string of the molecule is COc1ccc(C(=O)NC[C@]23C=C[C@H](O2)[C@H]2C(=O)N(c4ccccc4C)C(=O)[C@@H]23)cc1. The molecule has 2 aromatic carbocycles. The van der Waals surface area contributed by atoms with Crippen LogP contribution in [0.5, 0.6) is 5.75 Å². The maximum atomic E-state index is 13.4. The maximum Gasteiger partial charge on any atom is 0.251 e. The van der Waals surface area contributed by atoms with Crippen molar-refractivity contribution in [2.45, 2.75) is 18.6 Å². The van der Waals surface area contributed by atoms with Gasteiger partial charge in [0.1, 0.15) is 11.4 Å². The van der Waals surface area contributed by atoms with Gasteiger partial charge >= 0.3 is 0 Å². The third kappa shape index (κ3) is 2.88. The number of benzene rings is 2. The van der Waals surface area contributed by atoms with Crippen LogP contribution in [0.1, 0.15) is 15.9 Å². The summed E-state index contributed by atoms with van der Waals surface area (Å²) in [6.07, 6.45) is 3.18. The van der Waals surface area contributed by atoms with Crippen LogP contribution in [0.3, 0.4) is 0 Å². The van der Waals surface area contributed by atoms with Crippen molar-refractivity contribution in [2.75, 3.05) is 18.6 Å². The Balaban J connectivity index is 1.38. The minimum Gasteiger partial charge on any atom is -0.497 e. The number of methoxy groups -OCH3 is 1. The van der Waals surface area contributed by atoms with Crippen LogP contribution in [0.2, 0.25) is 0 Å². The zero-order valence-corrected chi connectivity index (χ0v) is 17.2. The molecule has 2 aromatic rings. The predicted octanol–water partition coefficient (Wildman–Crippen LogP) is 2.25. The molecule has 1 N–H and O–H groups in total. The van der Waals surface area contributed by atoms with Gasteiger partial charge in [-0.2, -0.15) is 0 Å². The highest BCUT2D eigenvalue weighted by molar-refractivity contribution is 6.23. The fraction of sp³-hybridized carbons (Fsp3) is 0.292. The molecule has 7 nitrogen and oxygen atoms in total. The Hall–Kier alpha value is -3.45. The molecule has 0 unspecified atom stereocenters. The average molecular weight is 418 g/mol. The van der Waals surface area contributed by atoms with Crippen LogP contribution in [-0.2, 0) is 14.3 Å². The summed E-state index contributed by atoms with van der Waals surface area (Å²) in [4.78, 5) is 40.5. The first-order chi connectivity index (χ1) is 14.9. The highest BCUT2D eigenvalue weighted by Crippen LogP contribution is 2.52. The molecule has 2 saturated heterocycles. The standard InChI is InChI=1S/C24H22N2O5/c1-14-5-3-4-6-17(14)26-22(28)19-18-11-12-24(31-18,20(19)23(26)29)13-25-21(27)15-7-9-16(30-2)10-8-15/h3-12,18-20H,13H2,1-2H3,(H,25,27)/t18-,19+,20+,24-/m0/s1. The Labute approximate surface area is 179 Å².